The molecule has 0 aliphatic rings. The van der Waals surface area contributed by atoms with Crippen molar-refractivity contribution < 1.29 is 4.79 Å². The number of aryl methyl sites for hydroxylation is 1. The van der Waals surface area contributed by atoms with Crippen LogP contribution < -0.4 is 5.32 Å². The van der Waals surface area contributed by atoms with E-state index in [-0.39, 0.29) is 5.91 Å². The van der Waals surface area contributed by atoms with Crippen molar-refractivity contribution >= 4 is 17.5 Å². The predicted molar refractivity (Wildman–Crippen MR) is 66.2 cm³/mol. The predicted octanol–water partition coefficient (Wildman–Crippen LogP) is 1.15. The highest BCUT2D eigenvalue weighted by Gasteiger charge is 2.04. The zero-order chi connectivity index (χ0) is 12.8. The summed E-state index contributed by atoms with van der Waals surface area (Å²) >= 11 is 5.64. The first kappa shape index (κ1) is 12.5. The highest BCUT2D eigenvalue weighted by molar-refractivity contribution is 6.29. The summed E-state index contributed by atoms with van der Waals surface area (Å²) in [7, 11) is 0. The summed E-state index contributed by atoms with van der Waals surface area (Å²) in [5, 5.41) is 10.7. The Hall–Kier alpha value is -1.95. The number of carbonyl (C=O) groups is 1. The van der Waals surface area contributed by atoms with Gasteiger partial charge in [-0.2, -0.15) is 0 Å². The minimum atomic E-state index is -0.155. The van der Waals surface area contributed by atoms with Gasteiger partial charge in [0.2, 0.25) is 0 Å². The summed E-state index contributed by atoms with van der Waals surface area (Å²) in [5.41, 5.74) is 0.500. The maximum absolute atomic E-state index is 11.7. The van der Waals surface area contributed by atoms with Crippen LogP contribution in [0.1, 0.15) is 16.8 Å². The Kier molecular flexibility index (Phi) is 4.25. The summed E-state index contributed by atoms with van der Waals surface area (Å²) in [5.74, 6) is -0.155. The second kappa shape index (κ2) is 6.11. The highest BCUT2D eigenvalue weighted by atomic mass is 35.5. The zero-order valence-corrected chi connectivity index (χ0v) is 10.3. The van der Waals surface area contributed by atoms with Gasteiger partial charge in [-0.3, -0.25) is 9.48 Å². The van der Waals surface area contributed by atoms with Gasteiger partial charge in [0.25, 0.3) is 5.91 Å². The minimum absolute atomic E-state index is 0.155. The smallest absolute Gasteiger partial charge is 0.252 e. The van der Waals surface area contributed by atoms with E-state index in [9.17, 15) is 4.79 Å². The third-order valence-corrected chi connectivity index (χ3v) is 2.53. The van der Waals surface area contributed by atoms with Gasteiger partial charge in [0.15, 0.2) is 0 Å². The molecule has 0 fully saturated rings. The van der Waals surface area contributed by atoms with Gasteiger partial charge in [0.05, 0.1) is 11.8 Å². The molecule has 2 rings (SSSR count). The Labute approximate surface area is 109 Å². The van der Waals surface area contributed by atoms with Gasteiger partial charge in [-0.1, -0.05) is 16.8 Å². The largest absolute Gasteiger partial charge is 0.352 e. The van der Waals surface area contributed by atoms with Crippen molar-refractivity contribution in [2.75, 3.05) is 6.54 Å². The first-order valence-electron chi connectivity index (χ1n) is 5.49. The average molecular weight is 266 g/mol. The molecule has 0 radical (unpaired) electrons. The molecule has 1 N–H and O–H groups in total. The van der Waals surface area contributed by atoms with Crippen LogP contribution in [0.4, 0.5) is 0 Å². The number of carbonyl (C=O) groups excluding carboxylic acids is 1. The molecule has 2 aromatic rings. The van der Waals surface area contributed by atoms with E-state index in [1.807, 2.05) is 0 Å². The van der Waals surface area contributed by atoms with Crippen LogP contribution in [0.2, 0.25) is 5.15 Å². The third kappa shape index (κ3) is 3.53. The van der Waals surface area contributed by atoms with Crippen LogP contribution in [0.15, 0.2) is 30.7 Å². The van der Waals surface area contributed by atoms with Crippen molar-refractivity contribution in [3.63, 3.8) is 0 Å². The van der Waals surface area contributed by atoms with Crippen molar-refractivity contribution in [2.24, 2.45) is 0 Å². The lowest BCUT2D eigenvalue weighted by Gasteiger charge is -2.04. The normalized spacial score (nSPS) is 10.3. The molecule has 94 valence electrons. The Balaban J connectivity index is 1.73. The maximum Gasteiger partial charge on any atom is 0.252 e. The molecule has 0 aliphatic carbocycles. The van der Waals surface area contributed by atoms with Gasteiger partial charge in [-0.25, -0.2) is 4.98 Å². The molecule has 1 amide bonds. The lowest BCUT2D eigenvalue weighted by molar-refractivity contribution is 0.0952. The lowest BCUT2D eigenvalue weighted by atomic mass is 10.2. The van der Waals surface area contributed by atoms with Crippen molar-refractivity contribution in [3.8, 4) is 0 Å². The molecule has 0 atom stereocenters. The molecule has 0 aliphatic heterocycles. The topological polar surface area (TPSA) is 72.7 Å². The number of nitrogens with one attached hydrogen (secondary N) is 1. The van der Waals surface area contributed by atoms with Crippen molar-refractivity contribution in [3.05, 3.63) is 41.4 Å². The average Bonchev–Trinajstić information content (AvgIpc) is 2.88. The summed E-state index contributed by atoms with van der Waals surface area (Å²) in [4.78, 5) is 15.5. The van der Waals surface area contributed by atoms with E-state index in [0.717, 1.165) is 13.0 Å². The van der Waals surface area contributed by atoms with Gasteiger partial charge in [0, 0.05) is 25.5 Å². The standard InChI is InChI=1S/C11H12ClN5O/c12-10-3-2-9(8-14-10)11(18)13-4-1-6-17-7-5-15-16-17/h2-3,5,7-8H,1,4,6H2,(H,13,18). The van der Waals surface area contributed by atoms with Crippen LogP contribution in [0.5, 0.6) is 0 Å². The lowest BCUT2D eigenvalue weighted by Crippen LogP contribution is -2.25. The molecular weight excluding hydrogens is 254 g/mol. The fourth-order valence-corrected chi connectivity index (χ4v) is 1.52. The molecule has 2 heterocycles. The van der Waals surface area contributed by atoms with E-state index in [0.29, 0.717) is 17.3 Å². The number of amides is 1. The first-order valence-corrected chi connectivity index (χ1v) is 5.87. The van der Waals surface area contributed by atoms with Crippen LogP contribution in [0, 0.1) is 0 Å². The second-order valence-electron chi connectivity index (χ2n) is 3.65. The van der Waals surface area contributed by atoms with Crippen molar-refractivity contribution in [1.82, 2.24) is 25.3 Å². The molecule has 2 aromatic heterocycles. The van der Waals surface area contributed by atoms with Crippen LogP contribution in [-0.2, 0) is 6.54 Å². The van der Waals surface area contributed by atoms with Gasteiger partial charge in [-0.05, 0) is 18.6 Å². The molecule has 0 aromatic carbocycles. The Bertz CT molecular complexity index is 497. The van der Waals surface area contributed by atoms with Gasteiger partial charge in [0.1, 0.15) is 5.15 Å². The van der Waals surface area contributed by atoms with Gasteiger partial charge in [-0.15, -0.1) is 5.10 Å². The summed E-state index contributed by atoms with van der Waals surface area (Å²) < 4.78 is 1.72. The van der Waals surface area contributed by atoms with E-state index >= 15 is 0 Å². The van der Waals surface area contributed by atoms with E-state index in [1.54, 1.807) is 29.2 Å². The van der Waals surface area contributed by atoms with E-state index in [1.165, 1.54) is 6.20 Å². The first-order chi connectivity index (χ1) is 8.75. The number of halogens is 1. The maximum atomic E-state index is 11.7. The van der Waals surface area contributed by atoms with Crippen molar-refractivity contribution in [2.45, 2.75) is 13.0 Å². The summed E-state index contributed by atoms with van der Waals surface area (Å²) in [6, 6.07) is 3.23. The molecule has 0 bridgehead atoms. The van der Waals surface area contributed by atoms with Gasteiger partial charge < -0.3 is 5.32 Å². The molecular formula is C11H12ClN5O. The molecule has 0 saturated carbocycles. The van der Waals surface area contributed by atoms with E-state index in [4.69, 9.17) is 11.6 Å². The Morgan fingerprint density at radius 1 is 1.44 bits per heavy atom. The van der Waals surface area contributed by atoms with Crippen LogP contribution in [0.25, 0.3) is 0 Å². The minimum Gasteiger partial charge on any atom is -0.352 e. The van der Waals surface area contributed by atoms with Gasteiger partial charge >= 0.3 is 0 Å². The fraction of sp³-hybridized carbons (Fsp3) is 0.273. The summed E-state index contributed by atoms with van der Waals surface area (Å²) in [6.07, 6.45) is 5.65. The van der Waals surface area contributed by atoms with Crippen LogP contribution in [0.3, 0.4) is 0 Å². The van der Waals surface area contributed by atoms with Crippen LogP contribution >= 0.6 is 11.6 Å². The third-order valence-electron chi connectivity index (χ3n) is 2.31. The highest BCUT2D eigenvalue weighted by Crippen LogP contribution is 2.04. The Morgan fingerprint density at radius 3 is 3.00 bits per heavy atom. The SMILES string of the molecule is O=C(NCCCn1ccnn1)c1ccc(Cl)nc1. The molecule has 18 heavy (non-hydrogen) atoms. The molecule has 0 spiro atoms. The second-order valence-corrected chi connectivity index (χ2v) is 4.03. The van der Waals surface area contributed by atoms with E-state index < -0.39 is 0 Å². The summed E-state index contributed by atoms with van der Waals surface area (Å²) in [6.45, 7) is 1.29. The Morgan fingerprint density at radius 2 is 2.33 bits per heavy atom. The number of pyridine rings is 1. The van der Waals surface area contributed by atoms with Crippen molar-refractivity contribution in [1.29, 1.82) is 0 Å². The zero-order valence-electron chi connectivity index (χ0n) is 9.58. The molecule has 0 unspecified atom stereocenters. The number of hydrogen-bond acceptors (Lipinski definition) is 4. The molecule has 7 heteroatoms. The molecule has 0 saturated heterocycles. The number of aromatic nitrogens is 4. The number of rotatable bonds is 5. The number of hydrogen-bond donors (Lipinski definition) is 1. The molecule has 6 nitrogen and oxygen atoms in total. The fourth-order valence-electron chi connectivity index (χ4n) is 1.41. The number of nitrogens with zero attached hydrogens (tertiary/aromatic N) is 4. The van der Waals surface area contributed by atoms with E-state index in [2.05, 4.69) is 20.6 Å². The van der Waals surface area contributed by atoms with Crippen LogP contribution in [-0.4, -0.2) is 32.4 Å². The monoisotopic (exact) mass is 265 g/mol. The quantitative estimate of drug-likeness (QED) is 0.650.